The zero-order chi connectivity index (χ0) is 20.3. The van der Waals surface area contributed by atoms with Crippen LogP contribution in [-0.2, 0) is 11.2 Å². The number of carbonyl (C=O) groups excluding carboxylic acids is 1. The molecule has 1 aliphatic rings. The highest BCUT2D eigenvalue weighted by Crippen LogP contribution is 2.41. The number of hydrogen-bond donors (Lipinski definition) is 0. The molecule has 0 fully saturated rings. The topological polar surface area (TPSA) is 42.0 Å². The van der Waals surface area contributed by atoms with Crippen LogP contribution in [-0.4, -0.2) is 56.1 Å². The number of benzene rings is 2. The van der Waals surface area contributed by atoms with Gasteiger partial charge in [0.25, 0.3) is 0 Å². The van der Waals surface area contributed by atoms with E-state index in [9.17, 15) is 4.79 Å². The van der Waals surface area contributed by atoms with Crippen molar-refractivity contribution in [3.05, 3.63) is 59.2 Å². The van der Waals surface area contributed by atoms with E-state index >= 15 is 0 Å². The summed E-state index contributed by atoms with van der Waals surface area (Å²) < 4.78 is 11.0. The van der Waals surface area contributed by atoms with Gasteiger partial charge in [0.1, 0.15) is 0 Å². The van der Waals surface area contributed by atoms with E-state index in [0.29, 0.717) is 24.9 Å². The molecule has 0 N–H and O–H groups in total. The average Bonchev–Trinajstić information content (AvgIpc) is 2.72. The van der Waals surface area contributed by atoms with Gasteiger partial charge in [0.15, 0.2) is 11.5 Å². The summed E-state index contributed by atoms with van der Waals surface area (Å²) in [6.45, 7) is 5.30. The van der Waals surface area contributed by atoms with Crippen LogP contribution in [0.1, 0.15) is 36.6 Å². The van der Waals surface area contributed by atoms with E-state index in [0.717, 1.165) is 23.3 Å². The van der Waals surface area contributed by atoms with Crippen LogP contribution < -0.4 is 9.47 Å². The third kappa shape index (κ3) is 3.99. The highest BCUT2D eigenvalue weighted by Gasteiger charge is 2.33. The van der Waals surface area contributed by atoms with Crippen molar-refractivity contribution in [3.8, 4) is 11.5 Å². The molecule has 1 amide bonds. The Morgan fingerprint density at radius 3 is 2.39 bits per heavy atom. The molecule has 1 atom stereocenters. The van der Waals surface area contributed by atoms with Crippen molar-refractivity contribution < 1.29 is 14.3 Å². The summed E-state index contributed by atoms with van der Waals surface area (Å²) in [6.07, 6.45) is 0.802. The van der Waals surface area contributed by atoms with Crippen LogP contribution in [0.3, 0.4) is 0 Å². The van der Waals surface area contributed by atoms with E-state index in [2.05, 4.69) is 30.9 Å². The third-order valence-corrected chi connectivity index (χ3v) is 5.58. The Balaban J connectivity index is 2.05. The zero-order valence-electron chi connectivity index (χ0n) is 17.4. The van der Waals surface area contributed by atoms with E-state index < -0.39 is 0 Å². The molecule has 0 saturated heterocycles. The molecular formula is C23H30N2O3. The first-order chi connectivity index (χ1) is 13.5. The first-order valence-electron chi connectivity index (χ1n) is 9.75. The standard InChI is InChI=1S/C23H30N2O3/c1-16(2)24(3)15-22(26)25-12-11-18-13-20(27-4)21(28-5)14-19(18)23(25)17-9-7-6-8-10-17/h6-10,13-14,16,23H,11-12,15H2,1-5H3. The van der Waals surface area contributed by atoms with Crippen LogP contribution >= 0.6 is 0 Å². The molecule has 28 heavy (non-hydrogen) atoms. The molecule has 1 heterocycles. The van der Waals surface area contributed by atoms with E-state index in [-0.39, 0.29) is 11.9 Å². The largest absolute Gasteiger partial charge is 0.493 e. The summed E-state index contributed by atoms with van der Waals surface area (Å²) in [5.41, 5.74) is 3.42. The van der Waals surface area contributed by atoms with E-state index in [1.54, 1.807) is 14.2 Å². The average molecular weight is 383 g/mol. The van der Waals surface area contributed by atoms with Gasteiger partial charge in [0.05, 0.1) is 26.8 Å². The summed E-state index contributed by atoms with van der Waals surface area (Å²) in [5.74, 6) is 1.56. The molecule has 0 spiro atoms. The monoisotopic (exact) mass is 382 g/mol. The van der Waals surface area contributed by atoms with Gasteiger partial charge in [-0.3, -0.25) is 9.69 Å². The summed E-state index contributed by atoms with van der Waals surface area (Å²) >= 11 is 0. The number of methoxy groups -OCH3 is 2. The Bertz CT molecular complexity index is 820. The number of ether oxygens (including phenoxy) is 2. The van der Waals surface area contributed by atoms with Crippen LogP contribution in [0.4, 0.5) is 0 Å². The van der Waals surface area contributed by atoms with Gasteiger partial charge in [0, 0.05) is 12.6 Å². The van der Waals surface area contributed by atoms with Crippen molar-refractivity contribution in [2.75, 3.05) is 34.4 Å². The Morgan fingerprint density at radius 2 is 1.79 bits per heavy atom. The number of amides is 1. The Morgan fingerprint density at radius 1 is 1.14 bits per heavy atom. The first-order valence-corrected chi connectivity index (χ1v) is 9.75. The van der Waals surface area contributed by atoms with Gasteiger partial charge >= 0.3 is 0 Å². The SMILES string of the molecule is COc1cc2c(cc1OC)C(c1ccccc1)N(C(=O)CN(C)C(C)C)CC2. The Labute approximate surface area is 167 Å². The zero-order valence-corrected chi connectivity index (χ0v) is 17.4. The normalized spacial score (nSPS) is 16.2. The minimum atomic E-state index is -0.127. The smallest absolute Gasteiger partial charge is 0.237 e. The predicted octanol–water partition coefficient (Wildman–Crippen LogP) is 3.52. The number of rotatable bonds is 6. The molecule has 2 aromatic carbocycles. The third-order valence-electron chi connectivity index (χ3n) is 5.58. The van der Waals surface area contributed by atoms with Gasteiger partial charge in [-0.2, -0.15) is 0 Å². The van der Waals surface area contributed by atoms with Crippen LogP contribution in [0.25, 0.3) is 0 Å². The van der Waals surface area contributed by atoms with E-state index in [1.165, 1.54) is 5.56 Å². The molecule has 2 aromatic rings. The molecule has 0 saturated carbocycles. The molecule has 5 heteroatoms. The Hall–Kier alpha value is -2.53. The highest BCUT2D eigenvalue weighted by molar-refractivity contribution is 5.80. The van der Waals surface area contributed by atoms with Crippen LogP contribution in [0.15, 0.2) is 42.5 Å². The van der Waals surface area contributed by atoms with Gasteiger partial charge in [-0.15, -0.1) is 0 Å². The molecule has 0 aliphatic carbocycles. The van der Waals surface area contributed by atoms with Crippen molar-refractivity contribution in [1.29, 1.82) is 0 Å². The maximum Gasteiger partial charge on any atom is 0.237 e. The second kappa shape index (κ2) is 8.65. The number of likely N-dealkylation sites (N-methyl/N-ethyl adjacent to an activating group) is 1. The maximum absolute atomic E-state index is 13.2. The summed E-state index contributed by atoms with van der Waals surface area (Å²) in [7, 11) is 5.29. The molecule has 5 nitrogen and oxygen atoms in total. The van der Waals surface area contributed by atoms with Gasteiger partial charge < -0.3 is 14.4 Å². The lowest BCUT2D eigenvalue weighted by Gasteiger charge is -2.39. The van der Waals surface area contributed by atoms with E-state index in [1.807, 2.05) is 42.3 Å². The highest BCUT2D eigenvalue weighted by atomic mass is 16.5. The van der Waals surface area contributed by atoms with Gasteiger partial charge in [-0.1, -0.05) is 30.3 Å². The van der Waals surface area contributed by atoms with Crippen LogP contribution in [0.5, 0.6) is 11.5 Å². The number of fused-ring (bicyclic) bond motifs is 1. The van der Waals surface area contributed by atoms with Crippen molar-refractivity contribution in [2.45, 2.75) is 32.4 Å². The fraction of sp³-hybridized carbons (Fsp3) is 0.435. The lowest BCUT2D eigenvalue weighted by atomic mass is 9.87. The second-order valence-electron chi connectivity index (χ2n) is 7.57. The van der Waals surface area contributed by atoms with Gasteiger partial charge in [-0.05, 0) is 56.1 Å². The van der Waals surface area contributed by atoms with Crippen molar-refractivity contribution in [3.63, 3.8) is 0 Å². The molecule has 1 aliphatic heterocycles. The lowest BCUT2D eigenvalue weighted by molar-refractivity contribution is -0.134. The van der Waals surface area contributed by atoms with Crippen molar-refractivity contribution in [2.24, 2.45) is 0 Å². The van der Waals surface area contributed by atoms with Gasteiger partial charge in [-0.25, -0.2) is 0 Å². The minimum Gasteiger partial charge on any atom is -0.493 e. The van der Waals surface area contributed by atoms with Crippen molar-refractivity contribution in [1.82, 2.24) is 9.80 Å². The molecule has 0 aromatic heterocycles. The molecule has 0 bridgehead atoms. The summed E-state index contributed by atoms with van der Waals surface area (Å²) in [6, 6.07) is 14.5. The first kappa shape index (κ1) is 20.2. The van der Waals surface area contributed by atoms with Gasteiger partial charge in [0.2, 0.25) is 5.91 Å². The quantitative estimate of drug-likeness (QED) is 0.767. The summed E-state index contributed by atoms with van der Waals surface area (Å²) in [4.78, 5) is 17.3. The summed E-state index contributed by atoms with van der Waals surface area (Å²) in [5, 5.41) is 0. The molecule has 0 radical (unpaired) electrons. The molecular weight excluding hydrogens is 352 g/mol. The number of hydrogen-bond acceptors (Lipinski definition) is 4. The predicted molar refractivity (Wildman–Crippen MR) is 111 cm³/mol. The lowest BCUT2D eigenvalue weighted by Crippen LogP contribution is -2.46. The Kier molecular flexibility index (Phi) is 6.25. The van der Waals surface area contributed by atoms with Crippen LogP contribution in [0.2, 0.25) is 0 Å². The maximum atomic E-state index is 13.2. The van der Waals surface area contributed by atoms with Crippen LogP contribution in [0, 0.1) is 0 Å². The van der Waals surface area contributed by atoms with E-state index in [4.69, 9.17) is 9.47 Å². The molecule has 150 valence electrons. The number of carbonyl (C=O) groups is 1. The second-order valence-corrected chi connectivity index (χ2v) is 7.57. The molecule has 3 rings (SSSR count). The number of nitrogens with zero attached hydrogens (tertiary/aromatic N) is 2. The molecule has 1 unspecified atom stereocenters. The fourth-order valence-corrected chi connectivity index (χ4v) is 3.70. The minimum absolute atomic E-state index is 0.127. The van der Waals surface area contributed by atoms with Crippen molar-refractivity contribution >= 4 is 5.91 Å². The fourth-order valence-electron chi connectivity index (χ4n) is 3.70.